The van der Waals surface area contributed by atoms with Crippen LogP contribution in [-0.2, 0) is 9.09 Å². The number of phosphoric acid groups is 1. The lowest BCUT2D eigenvalue weighted by molar-refractivity contribution is 0.179. The molecule has 0 rings (SSSR count). The average molecular weight is 238 g/mol. The normalized spacial score (nSPS) is 13.1. The SMILES string of the molecule is CC(C)C(CCCOP(=O)(O)O)C(C)C. The highest BCUT2D eigenvalue weighted by atomic mass is 31.2. The molecule has 0 saturated carbocycles. The summed E-state index contributed by atoms with van der Waals surface area (Å²) >= 11 is 0. The average Bonchev–Trinajstić information content (AvgIpc) is 2.00. The molecule has 4 nitrogen and oxygen atoms in total. The van der Waals surface area contributed by atoms with E-state index in [0.717, 1.165) is 6.42 Å². The molecule has 0 saturated heterocycles. The maximum atomic E-state index is 10.4. The molecule has 0 aromatic carbocycles. The lowest BCUT2D eigenvalue weighted by Crippen LogP contribution is -2.16. The third-order valence-corrected chi connectivity index (χ3v) is 3.17. The zero-order chi connectivity index (χ0) is 12.1. The smallest absolute Gasteiger partial charge is 0.303 e. The van der Waals surface area contributed by atoms with Crippen molar-refractivity contribution in [2.45, 2.75) is 40.5 Å². The van der Waals surface area contributed by atoms with E-state index in [0.29, 0.717) is 24.2 Å². The van der Waals surface area contributed by atoms with Gasteiger partial charge in [0.2, 0.25) is 0 Å². The number of rotatable bonds is 7. The fraction of sp³-hybridized carbons (Fsp3) is 1.00. The number of phosphoric ester groups is 1. The predicted molar refractivity (Wildman–Crippen MR) is 60.4 cm³/mol. The molecule has 0 atom stereocenters. The molecule has 5 heteroatoms. The van der Waals surface area contributed by atoms with Crippen LogP contribution in [0.5, 0.6) is 0 Å². The van der Waals surface area contributed by atoms with Crippen molar-refractivity contribution in [2.24, 2.45) is 17.8 Å². The van der Waals surface area contributed by atoms with Crippen LogP contribution < -0.4 is 0 Å². The first kappa shape index (κ1) is 15.1. The lowest BCUT2D eigenvalue weighted by Gasteiger charge is -2.24. The molecule has 15 heavy (non-hydrogen) atoms. The summed E-state index contributed by atoms with van der Waals surface area (Å²) in [5.74, 6) is 1.78. The van der Waals surface area contributed by atoms with Crippen molar-refractivity contribution in [3.05, 3.63) is 0 Å². The first-order chi connectivity index (χ1) is 6.74. The Balaban J connectivity index is 3.78. The van der Waals surface area contributed by atoms with Gasteiger partial charge < -0.3 is 9.79 Å². The van der Waals surface area contributed by atoms with Crippen molar-refractivity contribution in [1.29, 1.82) is 0 Å². The van der Waals surface area contributed by atoms with Crippen molar-refractivity contribution < 1.29 is 18.9 Å². The molecule has 0 aliphatic rings. The summed E-state index contributed by atoms with van der Waals surface area (Å²) in [6.07, 6.45) is 1.65. The highest BCUT2D eigenvalue weighted by Gasteiger charge is 2.18. The van der Waals surface area contributed by atoms with Crippen LogP contribution in [0.25, 0.3) is 0 Å². The van der Waals surface area contributed by atoms with E-state index in [2.05, 4.69) is 32.2 Å². The van der Waals surface area contributed by atoms with Gasteiger partial charge in [0.25, 0.3) is 0 Å². The largest absolute Gasteiger partial charge is 0.469 e. The van der Waals surface area contributed by atoms with Crippen molar-refractivity contribution in [2.75, 3.05) is 6.61 Å². The Hall–Kier alpha value is 0.110. The summed E-state index contributed by atoms with van der Waals surface area (Å²) in [7, 11) is -4.27. The third kappa shape index (κ3) is 7.97. The van der Waals surface area contributed by atoms with Gasteiger partial charge in [0.1, 0.15) is 0 Å². The summed E-state index contributed by atoms with van der Waals surface area (Å²) in [6.45, 7) is 8.84. The van der Waals surface area contributed by atoms with Gasteiger partial charge in [-0.15, -0.1) is 0 Å². The molecule has 0 unspecified atom stereocenters. The summed E-state index contributed by atoms with van der Waals surface area (Å²) in [6, 6.07) is 0. The monoisotopic (exact) mass is 238 g/mol. The molecule has 0 aromatic rings. The van der Waals surface area contributed by atoms with E-state index in [1.54, 1.807) is 0 Å². The molecule has 0 heterocycles. The van der Waals surface area contributed by atoms with Gasteiger partial charge >= 0.3 is 7.82 Å². The predicted octanol–water partition coefficient (Wildman–Crippen LogP) is 2.80. The second kappa shape index (κ2) is 6.64. The van der Waals surface area contributed by atoms with E-state index >= 15 is 0 Å². The Morgan fingerprint density at radius 1 is 1.13 bits per heavy atom. The van der Waals surface area contributed by atoms with E-state index in [1.165, 1.54) is 0 Å². The minimum Gasteiger partial charge on any atom is -0.303 e. The van der Waals surface area contributed by atoms with E-state index in [1.807, 2.05) is 0 Å². The van der Waals surface area contributed by atoms with Crippen molar-refractivity contribution in [3.8, 4) is 0 Å². The maximum Gasteiger partial charge on any atom is 0.469 e. The standard InChI is InChI=1S/C10H23O4P/c1-8(2)10(9(3)4)6-5-7-14-15(11,12)13/h8-10H,5-7H2,1-4H3,(H2,11,12,13). The fourth-order valence-corrected chi connectivity index (χ4v) is 2.31. The van der Waals surface area contributed by atoms with Crippen molar-refractivity contribution >= 4 is 7.82 Å². The Morgan fingerprint density at radius 3 is 1.93 bits per heavy atom. The Labute approximate surface area is 92.3 Å². The minimum absolute atomic E-state index is 0.139. The van der Waals surface area contributed by atoms with Crippen LogP contribution in [-0.4, -0.2) is 16.4 Å². The Morgan fingerprint density at radius 2 is 1.60 bits per heavy atom. The van der Waals surface area contributed by atoms with E-state index in [-0.39, 0.29) is 6.61 Å². The van der Waals surface area contributed by atoms with Crippen LogP contribution in [0.1, 0.15) is 40.5 Å². The van der Waals surface area contributed by atoms with Crippen LogP contribution >= 0.6 is 7.82 Å². The molecule has 2 N–H and O–H groups in total. The van der Waals surface area contributed by atoms with Gasteiger partial charge in [-0.25, -0.2) is 4.57 Å². The van der Waals surface area contributed by atoms with Crippen LogP contribution in [0.4, 0.5) is 0 Å². The van der Waals surface area contributed by atoms with Gasteiger partial charge in [-0.3, -0.25) is 4.52 Å². The van der Waals surface area contributed by atoms with Gasteiger partial charge in [-0.2, -0.15) is 0 Å². The van der Waals surface area contributed by atoms with E-state index in [9.17, 15) is 4.57 Å². The van der Waals surface area contributed by atoms with Gasteiger partial charge in [-0.1, -0.05) is 27.7 Å². The minimum atomic E-state index is -4.27. The lowest BCUT2D eigenvalue weighted by atomic mass is 9.82. The molecule has 0 bridgehead atoms. The van der Waals surface area contributed by atoms with Crippen molar-refractivity contribution in [1.82, 2.24) is 0 Å². The van der Waals surface area contributed by atoms with Crippen molar-refractivity contribution in [3.63, 3.8) is 0 Å². The van der Waals surface area contributed by atoms with Crippen LogP contribution in [0.3, 0.4) is 0 Å². The first-order valence-corrected chi connectivity index (χ1v) is 6.97. The molecule has 0 aliphatic carbocycles. The Kier molecular flexibility index (Phi) is 6.69. The topological polar surface area (TPSA) is 66.8 Å². The Bertz CT molecular complexity index is 201. The van der Waals surface area contributed by atoms with Crippen LogP contribution in [0.2, 0.25) is 0 Å². The number of hydrogen-bond acceptors (Lipinski definition) is 2. The molecule has 92 valence electrons. The van der Waals surface area contributed by atoms with Gasteiger partial charge in [0.15, 0.2) is 0 Å². The highest BCUT2D eigenvalue weighted by Crippen LogP contribution is 2.36. The van der Waals surface area contributed by atoms with Crippen LogP contribution in [0.15, 0.2) is 0 Å². The summed E-state index contributed by atoms with van der Waals surface area (Å²) in [5.41, 5.74) is 0. The fourth-order valence-electron chi connectivity index (χ4n) is 1.94. The molecule has 0 fully saturated rings. The molecule has 0 aromatic heterocycles. The zero-order valence-corrected chi connectivity index (χ0v) is 10.9. The molecule has 0 aliphatic heterocycles. The number of hydrogen-bond donors (Lipinski definition) is 2. The van der Waals surface area contributed by atoms with E-state index < -0.39 is 7.82 Å². The quantitative estimate of drug-likeness (QED) is 0.528. The van der Waals surface area contributed by atoms with Gasteiger partial charge in [0, 0.05) is 0 Å². The molecular formula is C10H23O4P. The second-order valence-electron chi connectivity index (χ2n) is 4.62. The highest BCUT2D eigenvalue weighted by molar-refractivity contribution is 7.46. The molecule has 0 amide bonds. The summed E-state index contributed by atoms with van der Waals surface area (Å²) in [4.78, 5) is 17.0. The first-order valence-electron chi connectivity index (χ1n) is 5.44. The second-order valence-corrected chi connectivity index (χ2v) is 5.86. The zero-order valence-electron chi connectivity index (χ0n) is 10.0. The van der Waals surface area contributed by atoms with Crippen LogP contribution in [0, 0.1) is 17.8 Å². The van der Waals surface area contributed by atoms with Gasteiger partial charge in [0.05, 0.1) is 6.61 Å². The molecular weight excluding hydrogens is 215 g/mol. The summed E-state index contributed by atoms with van der Waals surface area (Å²) < 4.78 is 14.8. The molecule has 0 radical (unpaired) electrons. The van der Waals surface area contributed by atoms with Gasteiger partial charge in [-0.05, 0) is 30.6 Å². The third-order valence-electron chi connectivity index (χ3n) is 2.65. The maximum absolute atomic E-state index is 10.4. The summed E-state index contributed by atoms with van der Waals surface area (Å²) in [5, 5.41) is 0. The molecule has 0 spiro atoms. The van der Waals surface area contributed by atoms with E-state index in [4.69, 9.17) is 9.79 Å².